The summed E-state index contributed by atoms with van der Waals surface area (Å²) in [6.45, 7) is 0.381. The second kappa shape index (κ2) is 6.62. The highest BCUT2D eigenvalue weighted by molar-refractivity contribution is 7.98. The van der Waals surface area contributed by atoms with Gasteiger partial charge in [0.1, 0.15) is 19.2 Å². The lowest BCUT2D eigenvalue weighted by Gasteiger charge is -1.93. The van der Waals surface area contributed by atoms with Crippen LogP contribution in [0.3, 0.4) is 0 Å². The molecule has 4 rings (SSSR count). The van der Waals surface area contributed by atoms with Gasteiger partial charge in [-0.05, 0) is 0 Å². The van der Waals surface area contributed by atoms with E-state index in [4.69, 9.17) is 8.94 Å². The van der Waals surface area contributed by atoms with Crippen molar-refractivity contribution in [3.8, 4) is 11.4 Å². The van der Waals surface area contributed by atoms with Gasteiger partial charge in [-0.15, -0.1) is 10.2 Å². The molecular formula is C14H11N7O2S. The number of aromatic nitrogens is 7. The van der Waals surface area contributed by atoms with Gasteiger partial charge in [0, 0.05) is 5.56 Å². The van der Waals surface area contributed by atoms with E-state index in [1.165, 1.54) is 18.1 Å². The van der Waals surface area contributed by atoms with Crippen molar-refractivity contribution in [3.63, 3.8) is 0 Å². The van der Waals surface area contributed by atoms with Crippen molar-refractivity contribution in [1.82, 2.24) is 35.1 Å². The smallest absolute Gasteiger partial charge is 0.277 e. The molecule has 120 valence electrons. The summed E-state index contributed by atoms with van der Waals surface area (Å²) in [5, 5.41) is 16.3. The molecule has 0 saturated carbocycles. The Kier molecular flexibility index (Phi) is 4.02. The van der Waals surface area contributed by atoms with E-state index in [2.05, 4.69) is 30.4 Å². The van der Waals surface area contributed by atoms with Gasteiger partial charge in [-0.3, -0.25) is 0 Å². The molecule has 0 spiro atoms. The van der Waals surface area contributed by atoms with Gasteiger partial charge in [-0.2, -0.15) is 10.1 Å². The molecule has 0 aliphatic rings. The van der Waals surface area contributed by atoms with Crippen LogP contribution in [0.15, 0.2) is 57.1 Å². The van der Waals surface area contributed by atoms with Crippen LogP contribution in [0.1, 0.15) is 11.8 Å². The Balaban J connectivity index is 1.37. The molecule has 0 N–H and O–H groups in total. The molecule has 0 radical (unpaired) electrons. The highest BCUT2D eigenvalue weighted by atomic mass is 32.2. The minimum absolute atomic E-state index is 0.381. The molecule has 3 aromatic heterocycles. The summed E-state index contributed by atoms with van der Waals surface area (Å²) in [6.07, 6.45) is 3.03. The van der Waals surface area contributed by atoms with E-state index in [0.717, 1.165) is 5.56 Å². The van der Waals surface area contributed by atoms with E-state index in [-0.39, 0.29) is 0 Å². The normalized spacial score (nSPS) is 11.0. The predicted molar refractivity (Wildman–Crippen MR) is 82.7 cm³/mol. The number of thioether (sulfide) groups is 1. The standard InChI is InChI=1S/C14H11N7O2S/c1-2-4-10(5-3-1)13-17-12(23-20-13)7-24-14-19-18-11(22-14)6-21-9-15-8-16-21/h1-5,8-9H,6-7H2. The SMILES string of the molecule is c1ccc(-c2noc(CSc3nnc(Cn4cncn4)o3)n2)cc1. The van der Waals surface area contributed by atoms with Gasteiger partial charge in [0.25, 0.3) is 5.22 Å². The molecular weight excluding hydrogens is 330 g/mol. The summed E-state index contributed by atoms with van der Waals surface area (Å²) in [5.74, 6) is 1.96. The number of benzene rings is 1. The third-order valence-electron chi connectivity index (χ3n) is 3.03. The van der Waals surface area contributed by atoms with Gasteiger partial charge in [0.2, 0.25) is 17.6 Å². The summed E-state index contributed by atoms with van der Waals surface area (Å²) < 4.78 is 12.4. The Morgan fingerprint density at radius 3 is 2.83 bits per heavy atom. The first-order valence-corrected chi connectivity index (χ1v) is 8.01. The monoisotopic (exact) mass is 341 g/mol. The fourth-order valence-electron chi connectivity index (χ4n) is 1.95. The van der Waals surface area contributed by atoms with E-state index in [1.54, 1.807) is 11.0 Å². The van der Waals surface area contributed by atoms with Crippen molar-refractivity contribution in [3.05, 3.63) is 54.8 Å². The molecule has 3 heterocycles. The van der Waals surface area contributed by atoms with Crippen molar-refractivity contribution >= 4 is 11.8 Å². The molecule has 0 bridgehead atoms. The van der Waals surface area contributed by atoms with Crippen LogP contribution < -0.4 is 0 Å². The Labute approximate surface area is 140 Å². The number of nitrogens with zero attached hydrogens (tertiary/aromatic N) is 7. The Morgan fingerprint density at radius 1 is 1.08 bits per heavy atom. The molecule has 0 amide bonds. The summed E-state index contributed by atoms with van der Waals surface area (Å²) in [7, 11) is 0. The highest BCUT2D eigenvalue weighted by Crippen LogP contribution is 2.22. The third kappa shape index (κ3) is 3.33. The van der Waals surface area contributed by atoms with Crippen LogP contribution in [-0.4, -0.2) is 35.1 Å². The fourth-order valence-corrected chi connectivity index (χ4v) is 2.57. The van der Waals surface area contributed by atoms with E-state index in [1.807, 2.05) is 30.3 Å². The maximum Gasteiger partial charge on any atom is 0.277 e. The zero-order valence-corrected chi connectivity index (χ0v) is 13.1. The zero-order chi connectivity index (χ0) is 16.2. The van der Waals surface area contributed by atoms with Gasteiger partial charge in [-0.25, -0.2) is 9.67 Å². The van der Waals surface area contributed by atoms with E-state index in [9.17, 15) is 0 Å². The van der Waals surface area contributed by atoms with E-state index >= 15 is 0 Å². The third-order valence-corrected chi connectivity index (χ3v) is 3.83. The second-order valence-electron chi connectivity index (χ2n) is 4.72. The average Bonchev–Trinajstić information content (AvgIpc) is 3.36. The molecule has 0 aliphatic heterocycles. The van der Waals surface area contributed by atoms with Crippen molar-refractivity contribution in [1.29, 1.82) is 0 Å². The van der Waals surface area contributed by atoms with Crippen molar-refractivity contribution < 1.29 is 8.94 Å². The molecule has 10 heteroatoms. The minimum Gasteiger partial charge on any atom is -0.414 e. The van der Waals surface area contributed by atoms with Gasteiger partial charge in [0.15, 0.2) is 0 Å². The van der Waals surface area contributed by atoms with Crippen LogP contribution in [-0.2, 0) is 12.3 Å². The van der Waals surface area contributed by atoms with Crippen LogP contribution >= 0.6 is 11.8 Å². The molecule has 0 saturated heterocycles. The first-order chi connectivity index (χ1) is 11.9. The molecule has 24 heavy (non-hydrogen) atoms. The molecule has 0 atom stereocenters. The maximum atomic E-state index is 5.53. The predicted octanol–water partition coefficient (Wildman–Crippen LogP) is 2.05. The first-order valence-electron chi connectivity index (χ1n) is 7.02. The fraction of sp³-hybridized carbons (Fsp3) is 0.143. The molecule has 0 unspecified atom stereocenters. The van der Waals surface area contributed by atoms with Crippen molar-refractivity contribution in [2.24, 2.45) is 0 Å². The largest absolute Gasteiger partial charge is 0.414 e. The summed E-state index contributed by atoms with van der Waals surface area (Å²) >= 11 is 1.33. The van der Waals surface area contributed by atoms with E-state index in [0.29, 0.717) is 35.1 Å². The molecule has 9 nitrogen and oxygen atoms in total. The Bertz CT molecular complexity index is 904. The van der Waals surface area contributed by atoms with Crippen LogP contribution in [0.25, 0.3) is 11.4 Å². The number of hydrogen-bond acceptors (Lipinski definition) is 9. The van der Waals surface area contributed by atoms with Gasteiger partial charge < -0.3 is 8.94 Å². The summed E-state index contributed by atoms with van der Waals surface area (Å²) in [5.41, 5.74) is 0.908. The maximum absolute atomic E-state index is 5.53. The van der Waals surface area contributed by atoms with Crippen LogP contribution in [0.4, 0.5) is 0 Å². The average molecular weight is 341 g/mol. The zero-order valence-electron chi connectivity index (χ0n) is 12.3. The number of rotatable bonds is 6. The molecule has 4 aromatic rings. The topological polar surface area (TPSA) is 109 Å². The highest BCUT2D eigenvalue weighted by Gasteiger charge is 2.12. The Hall–Kier alpha value is -3.01. The minimum atomic E-state index is 0.381. The lowest BCUT2D eigenvalue weighted by atomic mass is 10.2. The van der Waals surface area contributed by atoms with Crippen molar-refractivity contribution in [2.45, 2.75) is 17.5 Å². The number of hydrogen-bond donors (Lipinski definition) is 0. The van der Waals surface area contributed by atoms with Gasteiger partial charge >= 0.3 is 0 Å². The van der Waals surface area contributed by atoms with Crippen LogP contribution in [0.5, 0.6) is 0 Å². The van der Waals surface area contributed by atoms with Crippen LogP contribution in [0.2, 0.25) is 0 Å². The summed E-state index contributed by atoms with van der Waals surface area (Å²) in [4.78, 5) is 8.21. The molecule has 1 aromatic carbocycles. The van der Waals surface area contributed by atoms with E-state index < -0.39 is 0 Å². The first kappa shape index (κ1) is 14.6. The van der Waals surface area contributed by atoms with Crippen LogP contribution in [0, 0.1) is 0 Å². The Morgan fingerprint density at radius 2 is 2.00 bits per heavy atom. The lowest BCUT2D eigenvalue weighted by Crippen LogP contribution is -1.99. The van der Waals surface area contributed by atoms with Gasteiger partial charge in [-0.1, -0.05) is 47.3 Å². The van der Waals surface area contributed by atoms with Gasteiger partial charge in [0.05, 0.1) is 5.75 Å². The van der Waals surface area contributed by atoms with Crippen molar-refractivity contribution in [2.75, 3.05) is 0 Å². The second-order valence-corrected chi connectivity index (χ2v) is 5.65. The lowest BCUT2D eigenvalue weighted by molar-refractivity contribution is 0.386. The quantitative estimate of drug-likeness (QED) is 0.487. The molecule has 0 fully saturated rings. The summed E-state index contributed by atoms with van der Waals surface area (Å²) in [6, 6.07) is 9.64. The molecule has 0 aliphatic carbocycles.